The van der Waals surface area contributed by atoms with Gasteiger partial charge in [0.2, 0.25) is 17.7 Å². The summed E-state index contributed by atoms with van der Waals surface area (Å²) in [4.78, 5) is 41.3. The molecule has 0 aliphatic carbocycles. The van der Waals surface area contributed by atoms with Gasteiger partial charge >= 0.3 is 0 Å². The van der Waals surface area contributed by atoms with Crippen LogP contribution < -0.4 is 15.4 Å². The van der Waals surface area contributed by atoms with Gasteiger partial charge in [-0.2, -0.15) is 4.98 Å². The zero-order valence-electron chi connectivity index (χ0n) is 20.0. The molecule has 4 heterocycles. The molecule has 0 saturated carbocycles. The van der Waals surface area contributed by atoms with E-state index in [2.05, 4.69) is 25.6 Å². The van der Waals surface area contributed by atoms with Crippen LogP contribution in [0.25, 0.3) is 0 Å². The van der Waals surface area contributed by atoms with Crippen molar-refractivity contribution in [3.05, 3.63) is 47.4 Å². The fraction of sp³-hybridized carbons (Fsp3) is 0.458. The van der Waals surface area contributed by atoms with Crippen molar-refractivity contribution in [2.75, 3.05) is 50.5 Å². The fourth-order valence-corrected chi connectivity index (χ4v) is 4.39. The van der Waals surface area contributed by atoms with E-state index in [4.69, 9.17) is 16.3 Å². The number of aromatic nitrogens is 3. The van der Waals surface area contributed by atoms with E-state index < -0.39 is 6.17 Å². The summed E-state index contributed by atoms with van der Waals surface area (Å²) in [5, 5.41) is 6.24. The Balaban J connectivity index is 1.24. The van der Waals surface area contributed by atoms with E-state index in [1.54, 1.807) is 23.1 Å². The van der Waals surface area contributed by atoms with Gasteiger partial charge in [0, 0.05) is 38.3 Å². The lowest BCUT2D eigenvalue weighted by molar-refractivity contribution is -0.111. The number of halogens is 2. The number of piperidine rings is 1. The van der Waals surface area contributed by atoms with Gasteiger partial charge in [0.05, 0.1) is 25.2 Å². The zero-order chi connectivity index (χ0) is 25.5. The molecule has 0 radical (unpaired) electrons. The van der Waals surface area contributed by atoms with Gasteiger partial charge in [0.15, 0.2) is 0 Å². The molecule has 2 atom stereocenters. The number of likely N-dealkylation sites (tertiary alicyclic amines) is 2. The van der Waals surface area contributed by atoms with Gasteiger partial charge in [-0.15, -0.1) is 0 Å². The highest BCUT2D eigenvalue weighted by atomic mass is 35.5. The number of ether oxygens (including phenoxy) is 1. The van der Waals surface area contributed by atoms with E-state index in [0.717, 1.165) is 19.4 Å². The second-order valence-corrected chi connectivity index (χ2v) is 9.16. The summed E-state index contributed by atoms with van der Waals surface area (Å²) in [5.41, 5.74) is 0.775. The van der Waals surface area contributed by atoms with Crippen molar-refractivity contribution >= 4 is 35.1 Å². The molecule has 2 aromatic heterocycles. The first-order chi connectivity index (χ1) is 17.4. The standard InChI is InChI=1S/C24H29ClFN7O3/c1-36-22-19(25)13-28-24(31-22)30-18-8-11-33(15-18)23(35)20-7-6-17(12-27-20)29-21(34)5-3-10-32-9-2-4-16(26)14-32/h3,5-7,12-13,16,18H,2,4,8-11,14-15H2,1H3,(H,29,34)(H,28,30,31)/b5-3+. The van der Waals surface area contributed by atoms with Crippen LogP contribution in [-0.2, 0) is 4.79 Å². The molecule has 0 spiro atoms. The highest BCUT2D eigenvalue weighted by Gasteiger charge is 2.28. The molecular weight excluding hydrogens is 489 g/mol. The van der Waals surface area contributed by atoms with Crippen LogP contribution in [0, 0.1) is 0 Å². The van der Waals surface area contributed by atoms with Crippen LogP contribution in [0.5, 0.6) is 5.88 Å². The quantitative estimate of drug-likeness (QED) is 0.514. The minimum Gasteiger partial charge on any atom is -0.480 e. The van der Waals surface area contributed by atoms with Gasteiger partial charge in [-0.1, -0.05) is 17.7 Å². The Morgan fingerprint density at radius 2 is 2.08 bits per heavy atom. The maximum absolute atomic E-state index is 13.4. The summed E-state index contributed by atoms with van der Waals surface area (Å²) in [7, 11) is 1.48. The maximum atomic E-state index is 13.4. The van der Waals surface area contributed by atoms with Crippen molar-refractivity contribution in [3.63, 3.8) is 0 Å². The van der Waals surface area contributed by atoms with Gasteiger partial charge in [0.25, 0.3) is 5.91 Å². The van der Waals surface area contributed by atoms with E-state index in [1.165, 1.54) is 25.6 Å². The Hall–Kier alpha value is -3.31. The Morgan fingerprint density at radius 1 is 1.22 bits per heavy atom. The van der Waals surface area contributed by atoms with E-state index >= 15 is 0 Å². The van der Waals surface area contributed by atoms with Crippen LogP contribution in [0.2, 0.25) is 5.02 Å². The topological polar surface area (TPSA) is 113 Å². The van der Waals surface area contributed by atoms with Crippen molar-refractivity contribution in [1.82, 2.24) is 24.8 Å². The number of hydrogen-bond acceptors (Lipinski definition) is 8. The van der Waals surface area contributed by atoms with Crippen LogP contribution in [0.1, 0.15) is 29.8 Å². The van der Waals surface area contributed by atoms with Crippen LogP contribution >= 0.6 is 11.6 Å². The number of alkyl halides is 1. The van der Waals surface area contributed by atoms with Gasteiger partial charge in [-0.25, -0.2) is 14.4 Å². The molecule has 192 valence electrons. The van der Waals surface area contributed by atoms with E-state index in [1.807, 2.05) is 4.90 Å². The molecule has 2 aliphatic rings. The smallest absolute Gasteiger partial charge is 0.272 e. The third kappa shape index (κ3) is 6.88. The van der Waals surface area contributed by atoms with Gasteiger partial charge < -0.3 is 20.3 Å². The molecule has 2 fully saturated rings. The van der Waals surface area contributed by atoms with Crippen molar-refractivity contribution in [2.24, 2.45) is 0 Å². The second kappa shape index (κ2) is 12.1. The van der Waals surface area contributed by atoms with E-state index in [-0.39, 0.29) is 23.7 Å². The normalized spacial score (nSPS) is 20.5. The molecule has 2 amide bonds. The molecule has 2 unspecified atom stereocenters. The Morgan fingerprint density at radius 3 is 2.83 bits per heavy atom. The Kier molecular flexibility index (Phi) is 8.65. The molecule has 0 aromatic carbocycles. The largest absolute Gasteiger partial charge is 0.480 e. The third-order valence-corrected chi connectivity index (χ3v) is 6.30. The minimum absolute atomic E-state index is 0.0223. The molecule has 10 nitrogen and oxygen atoms in total. The van der Waals surface area contributed by atoms with E-state index in [9.17, 15) is 14.0 Å². The highest BCUT2D eigenvalue weighted by molar-refractivity contribution is 6.31. The summed E-state index contributed by atoms with van der Waals surface area (Å²) >= 11 is 5.96. The number of nitrogens with zero attached hydrogens (tertiary/aromatic N) is 5. The highest BCUT2D eigenvalue weighted by Crippen LogP contribution is 2.23. The number of anilines is 2. The molecule has 2 aromatic rings. The lowest BCUT2D eigenvalue weighted by atomic mass is 10.1. The first-order valence-corrected chi connectivity index (χ1v) is 12.2. The van der Waals surface area contributed by atoms with Gasteiger partial charge in [-0.05, 0) is 37.9 Å². The number of nitrogens with one attached hydrogen (secondary N) is 2. The Labute approximate surface area is 213 Å². The lowest BCUT2D eigenvalue weighted by Crippen LogP contribution is -2.36. The number of pyridine rings is 1. The molecule has 4 rings (SSSR count). The number of hydrogen-bond donors (Lipinski definition) is 2. The number of methoxy groups -OCH3 is 1. The number of amides is 2. The minimum atomic E-state index is -0.794. The predicted octanol–water partition coefficient (Wildman–Crippen LogP) is 2.79. The van der Waals surface area contributed by atoms with Crippen molar-refractivity contribution in [1.29, 1.82) is 0 Å². The van der Waals surface area contributed by atoms with Crippen molar-refractivity contribution in [3.8, 4) is 5.88 Å². The number of rotatable bonds is 8. The monoisotopic (exact) mass is 517 g/mol. The zero-order valence-corrected chi connectivity index (χ0v) is 20.7. The summed E-state index contributed by atoms with van der Waals surface area (Å²) in [6.45, 7) is 2.81. The SMILES string of the molecule is COc1nc(NC2CCN(C(=O)c3ccc(NC(=O)/C=C/CN4CCCC(F)C4)cn3)C2)ncc1Cl. The molecule has 0 bridgehead atoms. The van der Waals surface area contributed by atoms with Crippen LogP contribution in [0.3, 0.4) is 0 Å². The third-order valence-electron chi connectivity index (χ3n) is 6.04. The predicted molar refractivity (Wildman–Crippen MR) is 134 cm³/mol. The first kappa shape index (κ1) is 25.8. The van der Waals surface area contributed by atoms with Crippen LogP contribution in [0.4, 0.5) is 16.0 Å². The Bertz CT molecular complexity index is 1100. The van der Waals surface area contributed by atoms with Crippen LogP contribution in [0.15, 0.2) is 36.7 Å². The van der Waals surface area contributed by atoms with Crippen molar-refractivity contribution in [2.45, 2.75) is 31.5 Å². The fourth-order valence-electron chi connectivity index (χ4n) is 4.22. The summed E-state index contributed by atoms with van der Waals surface area (Å²) < 4.78 is 18.6. The first-order valence-electron chi connectivity index (χ1n) is 11.8. The van der Waals surface area contributed by atoms with Gasteiger partial charge in [0.1, 0.15) is 16.9 Å². The molecular formula is C24H29ClFN7O3. The average molecular weight is 518 g/mol. The molecule has 2 saturated heterocycles. The second-order valence-electron chi connectivity index (χ2n) is 8.75. The summed E-state index contributed by atoms with van der Waals surface area (Å²) in [6.07, 6.45) is 7.44. The van der Waals surface area contributed by atoms with Gasteiger partial charge in [-0.3, -0.25) is 14.5 Å². The van der Waals surface area contributed by atoms with E-state index in [0.29, 0.717) is 55.0 Å². The maximum Gasteiger partial charge on any atom is 0.272 e. The molecule has 2 aliphatic heterocycles. The molecule has 12 heteroatoms. The average Bonchev–Trinajstić information content (AvgIpc) is 3.34. The summed E-state index contributed by atoms with van der Waals surface area (Å²) in [5.74, 6) is 0.160. The molecule has 36 heavy (non-hydrogen) atoms. The number of carbonyl (C=O) groups is 2. The number of carbonyl (C=O) groups excluding carboxylic acids is 2. The molecule has 2 N–H and O–H groups in total. The van der Waals surface area contributed by atoms with Crippen molar-refractivity contribution < 1.29 is 18.7 Å². The lowest BCUT2D eigenvalue weighted by Gasteiger charge is -2.27. The van der Waals surface area contributed by atoms with Crippen LogP contribution in [-0.4, -0.2) is 88.6 Å². The summed E-state index contributed by atoms with van der Waals surface area (Å²) in [6, 6.07) is 3.21.